The Bertz CT molecular complexity index is 480. The predicted octanol–water partition coefficient (Wildman–Crippen LogP) is 4.01. The van der Waals surface area contributed by atoms with E-state index in [1.165, 1.54) is 12.1 Å². The Labute approximate surface area is 90.9 Å². The zero-order valence-corrected chi connectivity index (χ0v) is 8.60. The van der Waals surface area contributed by atoms with Crippen LogP contribution in [0.1, 0.15) is 11.3 Å². The molecule has 0 spiro atoms. The fraction of sp³-hybridized carbons (Fsp3) is 0.167. The van der Waals surface area contributed by atoms with Crippen LogP contribution in [0.3, 0.4) is 0 Å². The monoisotopic (exact) mass is 225 g/mol. The molecule has 1 N–H and O–H groups in total. The Kier molecular flexibility index (Phi) is 2.50. The first kappa shape index (κ1) is 10.8. The van der Waals surface area contributed by atoms with Gasteiger partial charge in [-0.1, -0.05) is 12.1 Å². The summed E-state index contributed by atoms with van der Waals surface area (Å²) >= 11 is 0. The maximum Gasteiger partial charge on any atom is 0.416 e. The highest BCUT2D eigenvalue weighted by atomic mass is 19.4. The van der Waals surface area contributed by atoms with Crippen LogP contribution in [0.2, 0.25) is 0 Å². The van der Waals surface area contributed by atoms with Crippen LogP contribution in [-0.4, -0.2) is 4.98 Å². The molecule has 0 bridgehead atoms. The highest BCUT2D eigenvalue weighted by Gasteiger charge is 2.29. The minimum absolute atomic E-state index is 0.621. The van der Waals surface area contributed by atoms with Crippen molar-refractivity contribution in [3.8, 4) is 11.1 Å². The molecule has 0 aliphatic carbocycles. The number of rotatable bonds is 1. The lowest BCUT2D eigenvalue weighted by Crippen LogP contribution is -2.03. The van der Waals surface area contributed by atoms with Crippen molar-refractivity contribution in [3.05, 3.63) is 47.8 Å². The molecule has 0 aliphatic rings. The fourth-order valence-corrected chi connectivity index (χ4v) is 1.60. The number of nitrogens with one attached hydrogen (secondary N) is 1. The Hall–Kier alpha value is -1.71. The summed E-state index contributed by atoms with van der Waals surface area (Å²) < 4.78 is 37.0. The molecule has 0 unspecified atom stereocenters. The van der Waals surface area contributed by atoms with Crippen LogP contribution in [0.5, 0.6) is 0 Å². The SMILES string of the molecule is Cc1[nH]ccc1-c1ccc(C(F)(F)F)cc1. The summed E-state index contributed by atoms with van der Waals surface area (Å²) in [6, 6.07) is 7.01. The third-order valence-electron chi connectivity index (χ3n) is 2.48. The van der Waals surface area contributed by atoms with E-state index in [2.05, 4.69) is 4.98 Å². The van der Waals surface area contributed by atoms with Crippen LogP contribution < -0.4 is 0 Å². The van der Waals surface area contributed by atoms with Crippen LogP contribution in [0, 0.1) is 6.92 Å². The smallest absolute Gasteiger partial charge is 0.365 e. The first-order chi connectivity index (χ1) is 7.48. The molecule has 1 heterocycles. The van der Waals surface area contributed by atoms with Gasteiger partial charge < -0.3 is 4.98 Å². The Balaban J connectivity index is 2.37. The van der Waals surface area contributed by atoms with Crippen molar-refractivity contribution in [2.24, 2.45) is 0 Å². The van der Waals surface area contributed by atoms with E-state index >= 15 is 0 Å². The van der Waals surface area contributed by atoms with Crippen LogP contribution >= 0.6 is 0 Å². The molecule has 0 amide bonds. The van der Waals surface area contributed by atoms with E-state index in [-0.39, 0.29) is 0 Å². The van der Waals surface area contributed by atoms with Gasteiger partial charge in [0.2, 0.25) is 0 Å². The van der Waals surface area contributed by atoms with Gasteiger partial charge in [-0.2, -0.15) is 13.2 Å². The van der Waals surface area contributed by atoms with Gasteiger partial charge in [-0.05, 0) is 30.7 Å². The fourth-order valence-electron chi connectivity index (χ4n) is 1.60. The molecule has 0 saturated carbocycles. The van der Waals surface area contributed by atoms with Gasteiger partial charge in [0.1, 0.15) is 0 Å². The van der Waals surface area contributed by atoms with Crippen molar-refractivity contribution in [1.29, 1.82) is 0 Å². The normalized spacial score (nSPS) is 11.8. The first-order valence-electron chi connectivity index (χ1n) is 4.80. The third kappa shape index (κ3) is 1.96. The average molecular weight is 225 g/mol. The lowest BCUT2D eigenvalue weighted by molar-refractivity contribution is -0.137. The van der Waals surface area contributed by atoms with Gasteiger partial charge in [0.15, 0.2) is 0 Å². The Morgan fingerprint density at radius 2 is 1.62 bits per heavy atom. The number of aromatic nitrogens is 1. The maximum atomic E-state index is 12.3. The summed E-state index contributed by atoms with van der Waals surface area (Å²) in [5.41, 5.74) is 2.03. The summed E-state index contributed by atoms with van der Waals surface area (Å²) in [5.74, 6) is 0. The van der Waals surface area contributed by atoms with E-state index in [4.69, 9.17) is 0 Å². The van der Waals surface area contributed by atoms with Crippen molar-refractivity contribution in [2.45, 2.75) is 13.1 Å². The van der Waals surface area contributed by atoms with Crippen molar-refractivity contribution in [1.82, 2.24) is 4.98 Å². The zero-order valence-electron chi connectivity index (χ0n) is 8.60. The number of hydrogen-bond acceptors (Lipinski definition) is 0. The highest BCUT2D eigenvalue weighted by molar-refractivity contribution is 5.66. The quantitative estimate of drug-likeness (QED) is 0.754. The van der Waals surface area contributed by atoms with E-state index in [0.717, 1.165) is 29.0 Å². The predicted molar refractivity (Wildman–Crippen MR) is 56.0 cm³/mol. The van der Waals surface area contributed by atoms with Gasteiger partial charge in [0, 0.05) is 17.5 Å². The van der Waals surface area contributed by atoms with Gasteiger partial charge >= 0.3 is 6.18 Å². The summed E-state index contributed by atoms with van der Waals surface area (Å²) in [4.78, 5) is 2.99. The molecular formula is C12H10F3N. The second kappa shape index (κ2) is 3.70. The number of halogens is 3. The molecule has 0 atom stereocenters. The Morgan fingerprint density at radius 3 is 2.06 bits per heavy atom. The van der Waals surface area contributed by atoms with Crippen molar-refractivity contribution in [3.63, 3.8) is 0 Å². The third-order valence-corrected chi connectivity index (χ3v) is 2.48. The van der Waals surface area contributed by atoms with Gasteiger partial charge in [-0.25, -0.2) is 0 Å². The minimum atomic E-state index is -4.27. The van der Waals surface area contributed by atoms with Crippen LogP contribution in [-0.2, 0) is 6.18 Å². The molecule has 4 heteroatoms. The van der Waals surface area contributed by atoms with E-state index in [1.54, 1.807) is 6.20 Å². The average Bonchev–Trinajstić information content (AvgIpc) is 2.63. The van der Waals surface area contributed by atoms with E-state index < -0.39 is 11.7 Å². The van der Waals surface area contributed by atoms with Crippen LogP contribution in [0.15, 0.2) is 36.5 Å². The highest BCUT2D eigenvalue weighted by Crippen LogP contribution is 2.31. The van der Waals surface area contributed by atoms with Gasteiger partial charge in [-0.3, -0.25) is 0 Å². The number of aryl methyl sites for hydroxylation is 1. The van der Waals surface area contributed by atoms with Gasteiger partial charge in [0.05, 0.1) is 5.56 Å². The summed E-state index contributed by atoms with van der Waals surface area (Å²) in [7, 11) is 0. The molecule has 2 rings (SSSR count). The van der Waals surface area contributed by atoms with Crippen molar-refractivity contribution in [2.75, 3.05) is 0 Å². The van der Waals surface area contributed by atoms with E-state index in [9.17, 15) is 13.2 Å². The lowest BCUT2D eigenvalue weighted by Gasteiger charge is -2.07. The summed E-state index contributed by atoms with van der Waals surface area (Å²) in [5, 5.41) is 0. The van der Waals surface area contributed by atoms with Gasteiger partial charge in [0.25, 0.3) is 0 Å². The number of hydrogen-bond donors (Lipinski definition) is 1. The summed E-state index contributed by atoms with van der Waals surface area (Å²) in [6.07, 6.45) is -2.51. The molecular weight excluding hydrogens is 215 g/mol. The molecule has 2 aromatic rings. The first-order valence-corrected chi connectivity index (χ1v) is 4.80. The zero-order chi connectivity index (χ0) is 11.8. The molecule has 84 valence electrons. The largest absolute Gasteiger partial charge is 0.416 e. The van der Waals surface area contributed by atoms with Crippen molar-refractivity contribution < 1.29 is 13.2 Å². The number of H-pyrrole nitrogens is 1. The summed E-state index contributed by atoms with van der Waals surface area (Å²) in [6.45, 7) is 1.88. The number of aromatic amines is 1. The number of alkyl halides is 3. The molecule has 0 aliphatic heterocycles. The van der Waals surface area contributed by atoms with E-state index in [0.29, 0.717) is 0 Å². The molecule has 1 aromatic carbocycles. The Morgan fingerprint density at radius 1 is 1.00 bits per heavy atom. The standard InChI is InChI=1S/C12H10F3N/c1-8-11(6-7-16-8)9-2-4-10(5-3-9)12(13,14)15/h2-7,16H,1H3. The van der Waals surface area contributed by atoms with Crippen LogP contribution in [0.25, 0.3) is 11.1 Å². The van der Waals surface area contributed by atoms with Crippen molar-refractivity contribution >= 4 is 0 Å². The minimum Gasteiger partial charge on any atom is -0.365 e. The molecule has 16 heavy (non-hydrogen) atoms. The molecule has 0 fully saturated rings. The second-order valence-electron chi connectivity index (χ2n) is 3.59. The topological polar surface area (TPSA) is 15.8 Å². The number of benzene rings is 1. The second-order valence-corrected chi connectivity index (χ2v) is 3.59. The molecule has 0 saturated heterocycles. The molecule has 0 radical (unpaired) electrons. The maximum absolute atomic E-state index is 12.3. The van der Waals surface area contributed by atoms with Gasteiger partial charge in [-0.15, -0.1) is 0 Å². The molecule has 1 nitrogen and oxygen atoms in total. The molecule has 1 aromatic heterocycles. The van der Waals surface area contributed by atoms with E-state index in [1.807, 2.05) is 13.0 Å². The lowest BCUT2D eigenvalue weighted by atomic mass is 10.0. The van der Waals surface area contributed by atoms with Crippen LogP contribution in [0.4, 0.5) is 13.2 Å².